The van der Waals surface area contributed by atoms with Gasteiger partial charge in [-0.05, 0) is 44.2 Å². The van der Waals surface area contributed by atoms with E-state index >= 15 is 0 Å². The number of aromatic nitrogens is 2. The molecule has 5 nitrogen and oxygen atoms in total. The van der Waals surface area contributed by atoms with Crippen LogP contribution >= 0.6 is 11.8 Å². The van der Waals surface area contributed by atoms with Crippen LogP contribution in [0.1, 0.15) is 28.2 Å². The molecular weight excluding hydrogens is 310 g/mol. The zero-order valence-corrected chi connectivity index (χ0v) is 14.2. The van der Waals surface area contributed by atoms with Crippen LogP contribution in [0.5, 0.6) is 0 Å². The van der Waals surface area contributed by atoms with E-state index in [1.807, 2.05) is 42.7 Å². The van der Waals surface area contributed by atoms with Crippen LogP contribution in [0.15, 0.2) is 30.5 Å². The van der Waals surface area contributed by atoms with Gasteiger partial charge in [0.05, 0.1) is 11.2 Å². The number of hydrogen-bond donors (Lipinski definition) is 2. The van der Waals surface area contributed by atoms with Gasteiger partial charge in [-0.2, -0.15) is 11.8 Å². The first-order valence-electron chi connectivity index (χ1n) is 7.69. The van der Waals surface area contributed by atoms with Gasteiger partial charge in [0, 0.05) is 29.9 Å². The number of carbonyl (C=O) groups excluding carboxylic acids is 1. The minimum atomic E-state index is -0.771. The fraction of sp³-hybridized carbons (Fsp3) is 0.412. The third-order valence-electron chi connectivity index (χ3n) is 4.21. The molecular formula is C17H21N3O2S. The summed E-state index contributed by atoms with van der Waals surface area (Å²) in [5.41, 5.74) is 1.67. The normalized spacial score (nSPS) is 20.7. The topological polar surface area (TPSA) is 67.2 Å². The Kier molecular flexibility index (Phi) is 4.46. The maximum absolute atomic E-state index is 12.5. The molecule has 1 saturated heterocycles. The van der Waals surface area contributed by atoms with E-state index in [1.165, 1.54) is 0 Å². The first-order chi connectivity index (χ1) is 11.0. The van der Waals surface area contributed by atoms with Crippen LogP contribution in [0, 0.1) is 13.8 Å². The van der Waals surface area contributed by atoms with Crippen LogP contribution in [0.2, 0.25) is 0 Å². The Balaban J connectivity index is 1.79. The molecule has 3 rings (SSSR count). The Bertz CT molecular complexity index is 706. The maximum Gasteiger partial charge on any atom is 0.253 e. The highest BCUT2D eigenvalue weighted by Gasteiger charge is 2.32. The van der Waals surface area contributed by atoms with Gasteiger partial charge in [-0.3, -0.25) is 4.79 Å². The molecule has 2 aromatic rings. The van der Waals surface area contributed by atoms with E-state index in [2.05, 4.69) is 10.3 Å². The zero-order chi connectivity index (χ0) is 16.4. The van der Waals surface area contributed by atoms with Crippen LogP contribution in [0.25, 0.3) is 5.82 Å². The van der Waals surface area contributed by atoms with Crippen molar-refractivity contribution in [2.45, 2.75) is 25.9 Å². The highest BCUT2D eigenvalue weighted by molar-refractivity contribution is 7.99. The van der Waals surface area contributed by atoms with E-state index in [0.717, 1.165) is 29.4 Å². The van der Waals surface area contributed by atoms with Gasteiger partial charge in [0.25, 0.3) is 5.91 Å². The van der Waals surface area contributed by atoms with Gasteiger partial charge in [0.2, 0.25) is 0 Å². The van der Waals surface area contributed by atoms with Crippen molar-refractivity contribution >= 4 is 17.7 Å². The predicted octanol–water partition coefficient (Wildman–Crippen LogP) is 2.09. The Morgan fingerprint density at radius 1 is 1.48 bits per heavy atom. The molecule has 1 fully saturated rings. The van der Waals surface area contributed by atoms with Gasteiger partial charge in [0.15, 0.2) is 0 Å². The minimum absolute atomic E-state index is 0.148. The van der Waals surface area contributed by atoms with Crippen LogP contribution in [-0.2, 0) is 0 Å². The van der Waals surface area contributed by atoms with Crippen molar-refractivity contribution in [2.24, 2.45) is 0 Å². The number of hydrogen-bond acceptors (Lipinski definition) is 4. The number of pyridine rings is 1. The summed E-state index contributed by atoms with van der Waals surface area (Å²) in [5.74, 6) is 2.28. The average molecular weight is 331 g/mol. The molecule has 122 valence electrons. The summed E-state index contributed by atoms with van der Waals surface area (Å²) in [4.78, 5) is 16.9. The highest BCUT2D eigenvalue weighted by atomic mass is 32.2. The predicted molar refractivity (Wildman–Crippen MR) is 92.3 cm³/mol. The maximum atomic E-state index is 12.5. The van der Waals surface area contributed by atoms with Gasteiger partial charge in [-0.15, -0.1) is 0 Å². The number of aryl methyl sites for hydroxylation is 1. The smallest absolute Gasteiger partial charge is 0.253 e. The van der Waals surface area contributed by atoms with E-state index in [0.29, 0.717) is 17.9 Å². The molecule has 1 aliphatic rings. The second kappa shape index (κ2) is 6.37. The second-order valence-electron chi connectivity index (χ2n) is 6.02. The van der Waals surface area contributed by atoms with Crippen LogP contribution in [-0.4, -0.2) is 44.2 Å². The standard InChI is InChI=1S/C17H21N3O2S/c1-12-9-14(13(2)20(12)15-5-3-4-7-18-15)16(21)19-10-17(22)6-8-23-11-17/h3-5,7,9,22H,6,8,10-11H2,1-2H3,(H,19,21). The van der Waals surface area contributed by atoms with Crippen molar-refractivity contribution in [3.05, 3.63) is 47.4 Å². The SMILES string of the molecule is Cc1cc(C(=O)NCC2(O)CCSC2)c(C)n1-c1ccccn1. The number of amides is 1. The molecule has 0 aliphatic carbocycles. The molecule has 0 aromatic carbocycles. The summed E-state index contributed by atoms with van der Waals surface area (Å²) >= 11 is 1.72. The van der Waals surface area contributed by atoms with Crippen molar-refractivity contribution in [1.29, 1.82) is 0 Å². The molecule has 0 radical (unpaired) electrons. The van der Waals surface area contributed by atoms with Gasteiger partial charge in [-0.25, -0.2) is 4.98 Å². The Labute approximate surface area is 140 Å². The van der Waals surface area contributed by atoms with E-state index in [-0.39, 0.29) is 5.91 Å². The van der Waals surface area contributed by atoms with E-state index in [9.17, 15) is 9.90 Å². The summed E-state index contributed by atoms with van der Waals surface area (Å²) < 4.78 is 1.97. The number of nitrogens with zero attached hydrogens (tertiary/aromatic N) is 2. The molecule has 1 aliphatic heterocycles. The quantitative estimate of drug-likeness (QED) is 0.900. The lowest BCUT2D eigenvalue weighted by atomic mass is 10.0. The van der Waals surface area contributed by atoms with Crippen molar-refractivity contribution in [3.63, 3.8) is 0 Å². The number of nitrogens with one attached hydrogen (secondary N) is 1. The van der Waals surface area contributed by atoms with Gasteiger partial charge >= 0.3 is 0 Å². The lowest BCUT2D eigenvalue weighted by Gasteiger charge is -2.21. The molecule has 0 saturated carbocycles. The van der Waals surface area contributed by atoms with Crippen molar-refractivity contribution < 1.29 is 9.90 Å². The molecule has 6 heteroatoms. The first-order valence-corrected chi connectivity index (χ1v) is 8.84. The molecule has 0 spiro atoms. The molecule has 1 unspecified atom stereocenters. The van der Waals surface area contributed by atoms with E-state index in [4.69, 9.17) is 0 Å². The molecule has 23 heavy (non-hydrogen) atoms. The highest BCUT2D eigenvalue weighted by Crippen LogP contribution is 2.27. The molecule has 2 N–H and O–H groups in total. The van der Waals surface area contributed by atoms with E-state index < -0.39 is 5.60 Å². The summed E-state index contributed by atoms with van der Waals surface area (Å²) in [6.07, 6.45) is 2.46. The van der Waals surface area contributed by atoms with Crippen molar-refractivity contribution in [1.82, 2.24) is 14.9 Å². The fourth-order valence-corrected chi connectivity index (χ4v) is 4.20. The van der Waals surface area contributed by atoms with Gasteiger partial charge < -0.3 is 15.0 Å². The Morgan fingerprint density at radius 2 is 2.30 bits per heavy atom. The van der Waals surface area contributed by atoms with Gasteiger partial charge in [-0.1, -0.05) is 6.07 Å². The zero-order valence-electron chi connectivity index (χ0n) is 13.4. The van der Waals surface area contributed by atoms with Gasteiger partial charge in [0.1, 0.15) is 5.82 Å². The number of carbonyl (C=O) groups is 1. The summed E-state index contributed by atoms with van der Waals surface area (Å²) in [6, 6.07) is 7.58. The summed E-state index contributed by atoms with van der Waals surface area (Å²) in [6.45, 7) is 4.17. The molecule has 3 heterocycles. The summed E-state index contributed by atoms with van der Waals surface area (Å²) in [5, 5.41) is 13.2. The third kappa shape index (κ3) is 3.28. The molecule has 2 aromatic heterocycles. The van der Waals surface area contributed by atoms with Crippen LogP contribution in [0.3, 0.4) is 0 Å². The number of thioether (sulfide) groups is 1. The Morgan fingerprint density at radius 3 is 2.96 bits per heavy atom. The van der Waals surface area contributed by atoms with Crippen LogP contribution < -0.4 is 5.32 Å². The van der Waals surface area contributed by atoms with Crippen LogP contribution in [0.4, 0.5) is 0 Å². The van der Waals surface area contributed by atoms with Crippen molar-refractivity contribution in [2.75, 3.05) is 18.1 Å². The second-order valence-corrected chi connectivity index (χ2v) is 7.12. The molecule has 1 amide bonds. The molecule has 0 bridgehead atoms. The summed E-state index contributed by atoms with van der Waals surface area (Å²) in [7, 11) is 0. The largest absolute Gasteiger partial charge is 0.387 e. The minimum Gasteiger partial charge on any atom is -0.387 e. The third-order valence-corrected chi connectivity index (χ3v) is 5.45. The monoisotopic (exact) mass is 331 g/mol. The van der Waals surface area contributed by atoms with Crippen molar-refractivity contribution in [3.8, 4) is 5.82 Å². The first kappa shape index (κ1) is 16.1. The number of rotatable bonds is 4. The molecule has 1 atom stereocenters. The lowest BCUT2D eigenvalue weighted by molar-refractivity contribution is 0.0612. The fourth-order valence-electron chi connectivity index (χ4n) is 2.91. The average Bonchev–Trinajstić information content (AvgIpc) is 3.10. The Hall–Kier alpha value is -1.79. The number of aliphatic hydroxyl groups is 1. The van der Waals surface area contributed by atoms with E-state index in [1.54, 1.807) is 18.0 Å². The lowest BCUT2D eigenvalue weighted by Crippen LogP contribution is -2.43.